The molecule has 0 unspecified atom stereocenters. The Kier molecular flexibility index (Phi) is 3.33. The van der Waals surface area contributed by atoms with Crippen LogP contribution in [0.15, 0.2) is 51.7 Å². The number of imidazole rings is 1. The standard InChI is InChI=1S/C14H10Br2N2O/c1-19-13-5-4-9(7-11(13)16)12-8-18-6-2-3-10(15)14(18)17-12/h2-8H,1H3. The van der Waals surface area contributed by atoms with Gasteiger partial charge >= 0.3 is 0 Å². The van der Waals surface area contributed by atoms with Crippen molar-refractivity contribution in [3.63, 3.8) is 0 Å². The molecule has 2 heterocycles. The molecule has 2 aromatic heterocycles. The van der Waals surface area contributed by atoms with E-state index in [1.807, 2.05) is 47.1 Å². The van der Waals surface area contributed by atoms with Crippen LogP contribution in [0.5, 0.6) is 5.75 Å². The van der Waals surface area contributed by atoms with Gasteiger partial charge in [-0.3, -0.25) is 0 Å². The van der Waals surface area contributed by atoms with Gasteiger partial charge in [-0.2, -0.15) is 0 Å². The quantitative estimate of drug-likeness (QED) is 0.651. The fraction of sp³-hybridized carbons (Fsp3) is 0.0714. The van der Waals surface area contributed by atoms with E-state index in [1.165, 1.54) is 0 Å². The molecule has 0 N–H and O–H groups in total. The monoisotopic (exact) mass is 380 g/mol. The summed E-state index contributed by atoms with van der Waals surface area (Å²) in [5.74, 6) is 0.814. The molecule has 3 nitrogen and oxygen atoms in total. The second-order valence-electron chi connectivity index (χ2n) is 4.06. The third-order valence-corrected chi connectivity index (χ3v) is 4.12. The van der Waals surface area contributed by atoms with Crippen LogP contribution in [0.2, 0.25) is 0 Å². The van der Waals surface area contributed by atoms with Crippen LogP contribution in [-0.4, -0.2) is 16.5 Å². The predicted octanol–water partition coefficient (Wildman–Crippen LogP) is 4.53. The maximum absolute atomic E-state index is 5.23. The highest BCUT2D eigenvalue weighted by Gasteiger charge is 2.08. The summed E-state index contributed by atoms with van der Waals surface area (Å²) in [5.41, 5.74) is 2.88. The number of aromatic nitrogens is 2. The number of nitrogens with zero attached hydrogens (tertiary/aromatic N) is 2. The molecule has 0 radical (unpaired) electrons. The van der Waals surface area contributed by atoms with Gasteiger partial charge in [0.05, 0.1) is 21.7 Å². The lowest BCUT2D eigenvalue weighted by Crippen LogP contribution is -1.85. The molecule has 0 saturated carbocycles. The summed E-state index contributed by atoms with van der Waals surface area (Å²) in [6, 6.07) is 9.90. The highest BCUT2D eigenvalue weighted by atomic mass is 79.9. The van der Waals surface area contributed by atoms with Gasteiger partial charge in [0.15, 0.2) is 5.65 Å². The van der Waals surface area contributed by atoms with E-state index in [0.29, 0.717) is 0 Å². The average molecular weight is 382 g/mol. The molecule has 0 spiro atoms. The van der Waals surface area contributed by atoms with Crippen molar-refractivity contribution < 1.29 is 4.74 Å². The van der Waals surface area contributed by atoms with Crippen molar-refractivity contribution in [2.75, 3.05) is 7.11 Å². The van der Waals surface area contributed by atoms with E-state index >= 15 is 0 Å². The largest absolute Gasteiger partial charge is 0.496 e. The number of hydrogen-bond donors (Lipinski definition) is 0. The zero-order chi connectivity index (χ0) is 13.4. The van der Waals surface area contributed by atoms with Gasteiger partial charge in [-0.25, -0.2) is 4.98 Å². The van der Waals surface area contributed by atoms with Gasteiger partial charge in [-0.05, 0) is 62.2 Å². The fourth-order valence-corrected chi connectivity index (χ4v) is 2.93. The molecule has 1 aromatic carbocycles. The van der Waals surface area contributed by atoms with Gasteiger partial charge in [0, 0.05) is 18.0 Å². The average Bonchev–Trinajstić information content (AvgIpc) is 2.84. The predicted molar refractivity (Wildman–Crippen MR) is 82.6 cm³/mol. The van der Waals surface area contributed by atoms with Crippen molar-refractivity contribution in [3.05, 3.63) is 51.7 Å². The molecule has 0 saturated heterocycles. The zero-order valence-electron chi connectivity index (χ0n) is 10.1. The van der Waals surface area contributed by atoms with Crippen molar-refractivity contribution in [3.8, 4) is 17.0 Å². The van der Waals surface area contributed by atoms with E-state index in [0.717, 1.165) is 31.6 Å². The first-order valence-corrected chi connectivity index (χ1v) is 7.25. The molecule has 0 aliphatic carbocycles. The van der Waals surface area contributed by atoms with Gasteiger partial charge in [-0.1, -0.05) is 0 Å². The Morgan fingerprint density at radius 1 is 1.16 bits per heavy atom. The fourth-order valence-electron chi connectivity index (χ4n) is 1.94. The molecule has 3 aromatic rings. The Balaban J connectivity index is 2.14. The molecule has 0 bridgehead atoms. The highest BCUT2D eigenvalue weighted by molar-refractivity contribution is 9.11. The molecular formula is C14H10Br2N2O. The number of rotatable bonds is 2. The van der Waals surface area contributed by atoms with Crippen LogP contribution in [0.3, 0.4) is 0 Å². The number of hydrogen-bond acceptors (Lipinski definition) is 2. The van der Waals surface area contributed by atoms with Crippen molar-refractivity contribution in [2.24, 2.45) is 0 Å². The minimum absolute atomic E-state index is 0.814. The van der Waals surface area contributed by atoms with Crippen molar-refractivity contribution in [2.45, 2.75) is 0 Å². The third kappa shape index (κ3) is 2.28. The van der Waals surface area contributed by atoms with E-state index in [-0.39, 0.29) is 0 Å². The lowest BCUT2D eigenvalue weighted by atomic mass is 10.2. The number of ether oxygens (including phenoxy) is 1. The SMILES string of the molecule is COc1ccc(-c2cn3cccc(Br)c3n2)cc1Br. The molecular weight excluding hydrogens is 372 g/mol. The maximum atomic E-state index is 5.23. The van der Waals surface area contributed by atoms with Crippen LogP contribution in [0.1, 0.15) is 0 Å². The zero-order valence-corrected chi connectivity index (χ0v) is 13.3. The highest BCUT2D eigenvalue weighted by Crippen LogP contribution is 2.30. The third-order valence-electron chi connectivity index (χ3n) is 2.88. The van der Waals surface area contributed by atoms with Crippen LogP contribution in [0, 0.1) is 0 Å². The normalized spacial score (nSPS) is 10.9. The maximum Gasteiger partial charge on any atom is 0.151 e. The lowest BCUT2D eigenvalue weighted by Gasteiger charge is -2.04. The summed E-state index contributed by atoms with van der Waals surface area (Å²) in [5, 5.41) is 0. The molecule has 0 aliphatic heterocycles. The number of benzene rings is 1. The van der Waals surface area contributed by atoms with Gasteiger partial charge in [0.2, 0.25) is 0 Å². The van der Waals surface area contributed by atoms with Gasteiger partial charge in [0.25, 0.3) is 0 Å². The molecule has 0 aliphatic rings. The Labute approximate surface area is 127 Å². The number of fused-ring (bicyclic) bond motifs is 1. The van der Waals surface area contributed by atoms with Crippen molar-refractivity contribution in [1.29, 1.82) is 0 Å². The second kappa shape index (κ2) is 4.98. The first-order valence-electron chi connectivity index (χ1n) is 5.66. The summed E-state index contributed by atoms with van der Waals surface area (Å²) in [4.78, 5) is 4.63. The Bertz CT molecular complexity index is 752. The first kappa shape index (κ1) is 12.7. The van der Waals surface area contributed by atoms with Crippen LogP contribution in [0.4, 0.5) is 0 Å². The minimum atomic E-state index is 0.814. The van der Waals surface area contributed by atoms with E-state index in [4.69, 9.17) is 4.74 Å². The van der Waals surface area contributed by atoms with Gasteiger partial charge < -0.3 is 9.14 Å². The Morgan fingerprint density at radius 2 is 2.00 bits per heavy atom. The Morgan fingerprint density at radius 3 is 2.68 bits per heavy atom. The lowest BCUT2D eigenvalue weighted by molar-refractivity contribution is 0.412. The summed E-state index contributed by atoms with van der Waals surface area (Å²) in [7, 11) is 1.65. The first-order chi connectivity index (χ1) is 9.19. The van der Waals surface area contributed by atoms with E-state index < -0.39 is 0 Å². The van der Waals surface area contributed by atoms with E-state index in [2.05, 4.69) is 36.8 Å². The summed E-state index contributed by atoms with van der Waals surface area (Å²) in [6.45, 7) is 0. The van der Waals surface area contributed by atoms with E-state index in [9.17, 15) is 0 Å². The van der Waals surface area contributed by atoms with Crippen LogP contribution in [0.25, 0.3) is 16.9 Å². The summed E-state index contributed by atoms with van der Waals surface area (Å²) < 4.78 is 9.13. The smallest absolute Gasteiger partial charge is 0.151 e. The molecule has 0 fully saturated rings. The second-order valence-corrected chi connectivity index (χ2v) is 5.77. The van der Waals surface area contributed by atoms with Gasteiger partial charge in [0.1, 0.15) is 5.75 Å². The van der Waals surface area contributed by atoms with Crippen molar-refractivity contribution >= 4 is 37.5 Å². The summed E-state index contributed by atoms with van der Waals surface area (Å²) in [6.07, 6.45) is 3.99. The number of pyridine rings is 1. The molecule has 5 heteroatoms. The Hall–Kier alpha value is -1.33. The van der Waals surface area contributed by atoms with E-state index in [1.54, 1.807) is 7.11 Å². The molecule has 3 rings (SSSR count). The van der Waals surface area contributed by atoms with Crippen LogP contribution < -0.4 is 4.74 Å². The number of methoxy groups -OCH3 is 1. The van der Waals surface area contributed by atoms with Crippen molar-refractivity contribution in [1.82, 2.24) is 9.38 Å². The van der Waals surface area contributed by atoms with Gasteiger partial charge in [-0.15, -0.1) is 0 Å². The summed E-state index contributed by atoms with van der Waals surface area (Å²) >= 11 is 7.00. The molecule has 96 valence electrons. The molecule has 0 atom stereocenters. The topological polar surface area (TPSA) is 26.5 Å². The molecule has 19 heavy (non-hydrogen) atoms. The van der Waals surface area contributed by atoms with Crippen LogP contribution >= 0.6 is 31.9 Å². The number of halogens is 2. The minimum Gasteiger partial charge on any atom is -0.496 e. The molecule has 0 amide bonds. The van der Waals surface area contributed by atoms with Crippen LogP contribution in [-0.2, 0) is 0 Å².